The molecule has 1 aliphatic carbocycles. The van der Waals surface area contributed by atoms with Crippen LogP contribution in [0.15, 0.2) is 18.2 Å². The zero-order valence-electron chi connectivity index (χ0n) is 11.0. The zero-order valence-corrected chi connectivity index (χ0v) is 11.0. The fraction of sp³-hybridized carbons (Fsp3) is 0.600. The Bertz CT molecular complexity index is 433. The van der Waals surface area contributed by atoms with Crippen molar-refractivity contribution in [3.05, 3.63) is 35.4 Å². The Kier molecular flexibility index (Phi) is 3.71. The number of hydrogen-bond donors (Lipinski definition) is 1. The molecular formula is C15H21F2N. The second-order valence-electron chi connectivity index (χ2n) is 5.95. The molecule has 0 spiro atoms. The molecule has 100 valence electrons. The minimum absolute atomic E-state index is 0.388. The van der Waals surface area contributed by atoms with Gasteiger partial charge in [-0.05, 0) is 49.1 Å². The predicted octanol–water partition coefficient (Wildman–Crippen LogP) is 3.66. The van der Waals surface area contributed by atoms with Crippen LogP contribution < -0.4 is 5.73 Å². The fourth-order valence-corrected chi connectivity index (χ4v) is 2.97. The Balaban J connectivity index is 2.15. The van der Waals surface area contributed by atoms with Crippen molar-refractivity contribution >= 4 is 0 Å². The largest absolute Gasteiger partial charge is 0.325 e. The van der Waals surface area contributed by atoms with Crippen molar-refractivity contribution in [1.29, 1.82) is 0 Å². The molecule has 1 fully saturated rings. The van der Waals surface area contributed by atoms with Crippen LogP contribution in [0.5, 0.6) is 0 Å². The maximum Gasteiger partial charge on any atom is 0.162 e. The van der Waals surface area contributed by atoms with Crippen LogP contribution in [0.1, 0.15) is 38.7 Å². The second-order valence-corrected chi connectivity index (χ2v) is 5.95. The first-order valence-corrected chi connectivity index (χ1v) is 6.63. The number of halogens is 2. The van der Waals surface area contributed by atoms with E-state index < -0.39 is 11.6 Å². The molecule has 1 nitrogen and oxygen atoms in total. The molecule has 0 bridgehead atoms. The van der Waals surface area contributed by atoms with E-state index in [0.29, 0.717) is 23.8 Å². The van der Waals surface area contributed by atoms with E-state index in [1.165, 1.54) is 0 Å². The molecule has 3 atom stereocenters. The highest BCUT2D eigenvalue weighted by atomic mass is 19.2. The van der Waals surface area contributed by atoms with Gasteiger partial charge in [-0.2, -0.15) is 0 Å². The van der Waals surface area contributed by atoms with E-state index in [0.717, 1.165) is 25.3 Å². The summed E-state index contributed by atoms with van der Waals surface area (Å²) in [6.07, 6.45) is 3.25. The highest BCUT2D eigenvalue weighted by Crippen LogP contribution is 2.36. The van der Waals surface area contributed by atoms with Gasteiger partial charge in [0.05, 0.1) is 0 Å². The fourth-order valence-electron chi connectivity index (χ4n) is 2.97. The molecule has 0 heterocycles. The van der Waals surface area contributed by atoms with Crippen molar-refractivity contribution in [1.82, 2.24) is 0 Å². The lowest BCUT2D eigenvalue weighted by Crippen LogP contribution is -2.47. The molecule has 0 aliphatic heterocycles. The average Bonchev–Trinajstić information content (AvgIpc) is 2.31. The van der Waals surface area contributed by atoms with Crippen molar-refractivity contribution in [2.45, 2.75) is 45.1 Å². The van der Waals surface area contributed by atoms with E-state index in [1.807, 2.05) is 0 Å². The highest BCUT2D eigenvalue weighted by Gasteiger charge is 2.35. The van der Waals surface area contributed by atoms with Crippen LogP contribution >= 0.6 is 0 Å². The summed E-state index contributed by atoms with van der Waals surface area (Å²) in [6.45, 7) is 4.42. The molecular weight excluding hydrogens is 232 g/mol. The SMILES string of the molecule is CC1CCC(N)(Cc2cccc(F)c2F)CC1C. The maximum absolute atomic E-state index is 13.7. The summed E-state index contributed by atoms with van der Waals surface area (Å²) in [4.78, 5) is 0. The van der Waals surface area contributed by atoms with E-state index in [-0.39, 0.29) is 5.54 Å². The van der Waals surface area contributed by atoms with Crippen LogP contribution in [-0.2, 0) is 6.42 Å². The molecule has 3 unspecified atom stereocenters. The van der Waals surface area contributed by atoms with Gasteiger partial charge in [-0.25, -0.2) is 8.78 Å². The molecule has 3 heteroatoms. The molecule has 1 aromatic carbocycles. The first-order chi connectivity index (χ1) is 8.41. The lowest BCUT2D eigenvalue weighted by atomic mass is 9.69. The van der Waals surface area contributed by atoms with E-state index in [2.05, 4.69) is 13.8 Å². The van der Waals surface area contributed by atoms with Crippen LogP contribution in [0.2, 0.25) is 0 Å². The number of benzene rings is 1. The molecule has 2 rings (SSSR count). The van der Waals surface area contributed by atoms with Crippen LogP contribution in [0, 0.1) is 23.5 Å². The zero-order chi connectivity index (χ0) is 13.3. The van der Waals surface area contributed by atoms with Crippen LogP contribution in [0.3, 0.4) is 0 Å². The molecule has 0 amide bonds. The standard InChI is InChI=1S/C15H21F2N/c1-10-6-7-15(18,8-11(10)2)9-12-4-3-5-13(16)14(12)17/h3-5,10-11H,6-9,18H2,1-2H3. The number of nitrogens with two attached hydrogens (primary N) is 1. The third-order valence-electron chi connectivity index (χ3n) is 4.37. The van der Waals surface area contributed by atoms with Gasteiger partial charge in [0.1, 0.15) is 0 Å². The second kappa shape index (κ2) is 4.96. The summed E-state index contributed by atoms with van der Waals surface area (Å²) in [7, 11) is 0. The number of rotatable bonds is 2. The molecule has 18 heavy (non-hydrogen) atoms. The Labute approximate surface area is 107 Å². The Hall–Kier alpha value is -0.960. The van der Waals surface area contributed by atoms with Gasteiger partial charge in [-0.15, -0.1) is 0 Å². The van der Waals surface area contributed by atoms with Crippen molar-refractivity contribution in [2.75, 3.05) is 0 Å². The van der Waals surface area contributed by atoms with Gasteiger partial charge in [0, 0.05) is 5.54 Å². The molecule has 0 radical (unpaired) electrons. The van der Waals surface area contributed by atoms with Gasteiger partial charge >= 0.3 is 0 Å². The quantitative estimate of drug-likeness (QED) is 0.855. The molecule has 1 saturated carbocycles. The lowest BCUT2D eigenvalue weighted by Gasteiger charge is -2.40. The maximum atomic E-state index is 13.7. The topological polar surface area (TPSA) is 26.0 Å². The van der Waals surface area contributed by atoms with Crippen LogP contribution in [-0.4, -0.2) is 5.54 Å². The van der Waals surface area contributed by atoms with Crippen molar-refractivity contribution in [2.24, 2.45) is 17.6 Å². The molecule has 1 aromatic rings. The van der Waals surface area contributed by atoms with E-state index in [4.69, 9.17) is 5.73 Å². The summed E-state index contributed by atoms with van der Waals surface area (Å²) in [6, 6.07) is 4.33. The van der Waals surface area contributed by atoms with Crippen molar-refractivity contribution in [3.63, 3.8) is 0 Å². The van der Waals surface area contributed by atoms with Gasteiger partial charge in [-0.3, -0.25) is 0 Å². The minimum atomic E-state index is -0.784. The lowest BCUT2D eigenvalue weighted by molar-refractivity contribution is 0.174. The minimum Gasteiger partial charge on any atom is -0.325 e. The number of hydrogen-bond acceptors (Lipinski definition) is 1. The van der Waals surface area contributed by atoms with Gasteiger partial charge in [0.2, 0.25) is 0 Å². The van der Waals surface area contributed by atoms with E-state index in [1.54, 1.807) is 12.1 Å². The summed E-state index contributed by atoms with van der Waals surface area (Å²) in [5.41, 5.74) is 6.39. The third kappa shape index (κ3) is 2.72. The highest BCUT2D eigenvalue weighted by molar-refractivity contribution is 5.21. The molecule has 2 N–H and O–H groups in total. The third-order valence-corrected chi connectivity index (χ3v) is 4.37. The first-order valence-electron chi connectivity index (χ1n) is 6.63. The van der Waals surface area contributed by atoms with E-state index in [9.17, 15) is 8.78 Å². The smallest absolute Gasteiger partial charge is 0.162 e. The first kappa shape index (κ1) is 13.5. The van der Waals surface area contributed by atoms with Gasteiger partial charge < -0.3 is 5.73 Å². The molecule has 0 aromatic heterocycles. The monoisotopic (exact) mass is 253 g/mol. The summed E-state index contributed by atoms with van der Waals surface area (Å²) in [5, 5.41) is 0. The van der Waals surface area contributed by atoms with Crippen LogP contribution in [0.4, 0.5) is 8.78 Å². The Morgan fingerprint density at radius 3 is 2.67 bits per heavy atom. The normalized spacial score (nSPS) is 32.5. The van der Waals surface area contributed by atoms with Crippen molar-refractivity contribution < 1.29 is 8.78 Å². The predicted molar refractivity (Wildman–Crippen MR) is 69.2 cm³/mol. The Morgan fingerprint density at radius 2 is 2.00 bits per heavy atom. The summed E-state index contributed by atoms with van der Waals surface area (Å²) >= 11 is 0. The summed E-state index contributed by atoms with van der Waals surface area (Å²) < 4.78 is 26.9. The molecule has 1 aliphatic rings. The van der Waals surface area contributed by atoms with Gasteiger partial charge in [0.15, 0.2) is 11.6 Å². The van der Waals surface area contributed by atoms with Crippen LogP contribution in [0.25, 0.3) is 0 Å². The van der Waals surface area contributed by atoms with Crippen molar-refractivity contribution in [3.8, 4) is 0 Å². The Morgan fingerprint density at radius 1 is 1.28 bits per heavy atom. The van der Waals surface area contributed by atoms with Gasteiger partial charge in [-0.1, -0.05) is 26.0 Å². The van der Waals surface area contributed by atoms with E-state index >= 15 is 0 Å². The molecule has 0 saturated heterocycles. The summed E-state index contributed by atoms with van der Waals surface area (Å²) in [5.74, 6) is -0.318. The van der Waals surface area contributed by atoms with Gasteiger partial charge in [0.25, 0.3) is 0 Å². The average molecular weight is 253 g/mol.